The molecule has 0 saturated carbocycles. The summed E-state index contributed by atoms with van der Waals surface area (Å²) < 4.78 is 27.6. The minimum Gasteiger partial charge on any atom is -0.378 e. The average Bonchev–Trinajstić information content (AvgIpc) is 2.66. The molecule has 1 N–H and O–H groups in total. The van der Waals surface area contributed by atoms with Gasteiger partial charge in [-0.05, 0) is 61.9 Å². The van der Waals surface area contributed by atoms with Crippen LogP contribution in [0.15, 0.2) is 64.5 Å². The Morgan fingerprint density at radius 3 is 2.07 bits per heavy atom. The van der Waals surface area contributed by atoms with E-state index in [1.807, 2.05) is 43.3 Å². The van der Waals surface area contributed by atoms with E-state index >= 15 is 0 Å². The molecule has 150 valence electrons. The van der Waals surface area contributed by atoms with Crippen molar-refractivity contribution in [1.82, 2.24) is 9.97 Å². The lowest BCUT2D eigenvalue weighted by molar-refractivity contribution is 0.601. The van der Waals surface area contributed by atoms with Gasteiger partial charge in [0.1, 0.15) is 0 Å². The van der Waals surface area contributed by atoms with E-state index in [4.69, 9.17) is 0 Å². The van der Waals surface area contributed by atoms with Crippen LogP contribution in [0.2, 0.25) is 0 Å². The maximum absolute atomic E-state index is 12.6. The molecule has 0 aliphatic rings. The van der Waals surface area contributed by atoms with E-state index < -0.39 is 10.0 Å². The van der Waals surface area contributed by atoms with Crippen LogP contribution in [-0.2, 0) is 10.0 Å². The van der Waals surface area contributed by atoms with Gasteiger partial charge in [-0.1, -0.05) is 12.1 Å². The van der Waals surface area contributed by atoms with Crippen molar-refractivity contribution in [2.45, 2.75) is 18.7 Å². The fourth-order valence-electron chi connectivity index (χ4n) is 2.67. The summed E-state index contributed by atoms with van der Waals surface area (Å²) >= 11 is 0. The molecule has 7 nitrogen and oxygen atoms in total. The van der Waals surface area contributed by atoms with Crippen LogP contribution in [0.25, 0.3) is 0 Å². The first kappa shape index (κ1) is 20.5. The fourth-order valence-corrected chi connectivity index (χ4v) is 3.61. The van der Waals surface area contributed by atoms with Crippen LogP contribution < -0.4 is 9.62 Å². The van der Waals surface area contributed by atoms with Crippen molar-refractivity contribution in [3.05, 3.63) is 71.5 Å². The van der Waals surface area contributed by atoms with E-state index in [2.05, 4.69) is 19.7 Å². The smallest absolute Gasteiger partial charge is 0.264 e. The first-order chi connectivity index (χ1) is 13.7. The van der Waals surface area contributed by atoms with Crippen molar-refractivity contribution < 1.29 is 8.42 Å². The van der Waals surface area contributed by atoms with Crippen LogP contribution in [0.3, 0.4) is 0 Å². The zero-order valence-corrected chi connectivity index (χ0v) is 17.6. The molecule has 0 saturated heterocycles. The number of benzene rings is 2. The summed E-state index contributed by atoms with van der Waals surface area (Å²) in [5.41, 5.74) is 4.11. The quantitative estimate of drug-likeness (QED) is 0.627. The van der Waals surface area contributed by atoms with E-state index in [-0.39, 0.29) is 10.8 Å². The third kappa shape index (κ3) is 5.39. The van der Waals surface area contributed by atoms with Gasteiger partial charge >= 0.3 is 0 Å². The highest BCUT2D eigenvalue weighted by Crippen LogP contribution is 2.19. The summed E-state index contributed by atoms with van der Waals surface area (Å²) in [6, 6.07) is 16.1. The maximum atomic E-state index is 12.6. The molecule has 0 spiro atoms. The van der Waals surface area contributed by atoms with E-state index in [1.165, 1.54) is 12.1 Å². The zero-order valence-electron chi connectivity index (χ0n) is 16.8. The first-order valence-corrected chi connectivity index (χ1v) is 10.5. The Balaban J connectivity index is 1.73. The molecule has 0 amide bonds. The predicted molar refractivity (Wildman–Crippen MR) is 117 cm³/mol. The normalized spacial score (nSPS) is 11.6. The molecular weight excluding hydrogens is 386 g/mol. The lowest BCUT2D eigenvalue weighted by Crippen LogP contribution is -2.15. The summed E-state index contributed by atoms with van der Waals surface area (Å²) in [6.45, 7) is 3.57. The molecule has 0 aliphatic carbocycles. The van der Waals surface area contributed by atoms with Crippen LogP contribution in [0.5, 0.6) is 0 Å². The molecule has 0 bridgehead atoms. The Hall–Kier alpha value is -3.26. The van der Waals surface area contributed by atoms with Crippen LogP contribution in [0.1, 0.15) is 17.0 Å². The Bertz CT molecular complexity index is 1100. The highest BCUT2D eigenvalue weighted by molar-refractivity contribution is 7.92. The number of hydrogen-bond donors (Lipinski definition) is 1. The van der Waals surface area contributed by atoms with E-state index in [1.54, 1.807) is 38.3 Å². The van der Waals surface area contributed by atoms with Gasteiger partial charge in [0, 0.05) is 37.4 Å². The molecular formula is C21H23N5O2S. The molecule has 0 aliphatic heterocycles. The standard InChI is InChI=1S/C21H23N5O2S/c1-15-13-16(2)24-21(23-15)25-29(27,28)20-11-7-18(8-12-20)22-14-17-5-9-19(10-6-17)26(3)4/h5-14H,1-4H3,(H,23,24,25). The molecule has 2 aromatic carbocycles. The maximum Gasteiger partial charge on any atom is 0.264 e. The lowest BCUT2D eigenvalue weighted by atomic mass is 10.2. The van der Waals surface area contributed by atoms with E-state index in [0.717, 1.165) is 11.3 Å². The molecule has 8 heteroatoms. The van der Waals surface area contributed by atoms with Crippen molar-refractivity contribution >= 4 is 33.6 Å². The summed E-state index contributed by atoms with van der Waals surface area (Å²) in [5.74, 6) is 0.0609. The summed E-state index contributed by atoms with van der Waals surface area (Å²) in [6.07, 6.45) is 1.74. The lowest BCUT2D eigenvalue weighted by Gasteiger charge is -2.11. The van der Waals surface area contributed by atoms with E-state index in [0.29, 0.717) is 17.1 Å². The second kappa shape index (κ2) is 8.40. The van der Waals surface area contributed by atoms with Crippen molar-refractivity contribution in [1.29, 1.82) is 0 Å². The van der Waals surface area contributed by atoms with Gasteiger partial charge in [0.2, 0.25) is 5.95 Å². The van der Waals surface area contributed by atoms with Gasteiger partial charge < -0.3 is 4.90 Å². The van der Waals surface area contributed by atoms with Gasteiger partial charge in [0.25, 0.3) is 10.0 Å². The van der Waals surface area contributed by atoms with Gasteiger partial charge in [-0.25, -0.2) is 23.1 Å². The highest BCUT2D eigenvalue weighted by atomic mass is 32.2. The van der Waals surface area contributed by atoms with Crippen LogP contribution >= 0.6 is 0 Å². The Morgan fingerprint density at radius 1 is 0.931 bits per heavy atom. The second-order valence-electron chi connectivity index (χ2n) is 6.82. The van der Waals surface area contributed by atoms with Crippen molar-refractivity contribution in [3.8, 4) is 0 Å². The van der Waals surface area contributed by atoms with Gasteiger partial charge in [0.05, 0.1) is 10.6 Å². The van der Waals surface area contributed by atoms with Crippen LogP contribution in [0, 0.1) is 13.8 Å². The number of aliphatic imine (C=N–C) groups is 1. The van der Waals surface area contributed by atoms with Crippen molar-refractivity contribution in [2.75, 3.05) is 23.7 Å². The molecule has 3 rings (SSSR count). The minimum absolute atomic E-state index is 0.0609. The predicted octanol–water partition coefficient (Wildman–Crippen LogP) is 3.71. The summed E-state index contributed by atoms with van der Waals surface area (Å²) in [5, 5.41) is 0. The number of hydrogen-bond acceptors (Lipinski definition) is 6. The van der Waals surface area contributed by atoms with E-state index in [9.17, 15) is 8.42 Å². The molecule has 1 heterocycles. The van der Waals surface area contributed by atoms with Crippen LogP contribution in [-0.4, -0.2) is 38.7 Å². The molecule has 0 unspecified atom stereocenters. The number of rotatable bonds is 6. The van der Waals surface area contributed by atoms with Gasteiger partial charge in [-0.3, -0.25) is 4.99 Å². The van der Waals surface area contributed by atoms with Crippen molar-refractivity contribution in [2.24, 2.45) is 4.99 Å². The van der Waals surface area contributed by atoms with Crippen LogP contribution in [0.4, 0.5) is 17.3 Å². The molecule has 0 fully saturated rings. The Labute approximate surface area is 171 Å². The van der Waals surface area contributed by atoms with Gasteiger partial charge in [-0.15, -0.1) is 0 Å². The molecule has 0 radical (unpaired) electrons. The monoisotopic (exact) mass is 409 g/mol. The minimum atomic E-state index is -3.78. The fraction of sp³-hybridized carbons (Fsp3) is 0.190. The third-order valence-corrected chi connectivity index (χ3v) is 5.47. The number of aryl methyl sites for hydroxylation is 2. The van der Waals surface area contributed by atoms with Crippen molar-refractivity contribution in [3.63, 3.8) is 0 Å². The SMILES string of the molecule is Cc1cc(C)nc(NS(=O)(=O)c2ccc(N=Cc3ccc(N(C)C)cc3)cc2)n1. The summed E-state index contributed by atoms with van der Waals surface area (Å²) in [7, 11) is 0.197. The molecule has 3 aromatic rings. The number of nitrogens with zero attached hydrogens (tertiary/aromatic N) is 4. The average molecular weight is 410 g/mol. The number of aromatic nitrogens is 2. The Kier molecular flexibility index (Phi) is 5.93. The highest BCUT2D eigenvalue weighted by Gasteiger charge is 2.16. The second-order valence-corrected chi connectivity index (χ2v) is 8.50. The third-order valence-electron chi connectivity index (χ3n) is 4.13. The number of anilines is 2. The number of nitrogens with one attached hydrogen (secondary N) is 1. The zero-order chi connectivity index (χ0) is 21.0. The van der Waals surface area contributed by atoms with Gasteiger partial charge in [0.15, 0.2) is 0 Å². The molecule has 1 aromatic heterocycles. The largest absolute Gasteiger partial charge is 0.378 e. The van der Waals surface area contributed by atoms with Gasteiger partial charge in [-0.2, -0.15) is 0 Å². The first-order valence-electron chi connectivity index (χ1n) is 8.99. The Morgan fingerprint density at radius 2 is 1.52 bits per heavy atom. The number of sulfonamides is 1. The topological polar surface area (TPSA) is 87.5 Å². The molecule has 0 atom stereocenters. The summed E-state index contributed by atoms with van der Waals surface area (Å²) in [4.78, 5) is 14.8. The molecule has 29 heavy (non-hydrogen) atoms.